The minimum Gasteiger partial charge on any atom is -0.469 e. The number of ether oxygens (including phenoxy) is 1. The molecule has 4 heteroatoms. The summed E-state index contributed by atoms with van der Waals surface area (Å²) < 4.78 is 4.53. The SMILES string of the molecule is COC(=O)Cc1c(C#N)ccnc1C. The molecule has 1 heterocycles. The van der Waals surface area contributed by atoms with Gasteiger partial charge in [0.25, 0.3) is 0 Å². The first-order chi connectivity index (χ1) is 6.69. The van der Waals surface area contributed by atoms with Crippen LogP contribution in [0.1, 0.15) is 16.8 Å². The number of esters is 1. The number of carbonyl (C=O) groups is 1. The third-order valence-electron chi connectivity index (χ3n) is 1.94. The first-order valence-electron chi connectivity index (χ1n) is 4.10. The Morgan fingerprint density at radius 2 is 2.43 bits per heavy atom. The predicted molar refractivity (Wildman–Crippen MR) is 49.4 cm³/mol. The molecule has 0 atom stereocenters. The molecule has 0 fully saturated rings. The molecule has 1 aromatic rings. The highest BCUT2D eigenvalue weighted by atomic mass is 16.5. The third-order valence-corrected chi connectivity index (χ3v) is 1.94. The van der Waals surface area contributed by atoms with Gasteiger partial charge in [-0.3, -0.25) is 9.78 Å². The number of aryl methyl sites for hydroxylation is 1. The van der Waals surface area contributed by atoms with E-state index in [1.54, 1.807) is 19.2 Å². The summed E-state index contributed by atoms with van der Waals surface area (Å²) in [6, 6.07) is 3.61. The number of carbonyl (C=O) groups excluding carboxylic acids is 1. The lowest BCUT2D eigenvalue weighted by molar-refractivity contribution is -0.139. The van der Waals surface area contributed by atoms with Crippen LogP contribution in [0.2, 0.25) is 0 Å². The van der Waals surface area contributed by atoms with E-state index in [1.807, 2.05) is 6.07 Å². The van der Waals surface area contributed by atoms with Gasteiger partial charge < -0.3 is 4.74 Å². The summed E-state index contributed by atoms with van der Waals surface area (Å²) in [6.45, 7) is 1.76. The van der Waals surface area contributed by atoms with Crippen LogP contribution in [0, 0.1) is 18.3 Å². The number of aromatic nitrogens is 1. The van der Waals surface area contributed by atoms with E-state index in [-0.39, 0.29) is 12.4 Å². The Balaban J connectivity index is 3.06. The summed E-state index contributed by atoms with van der Waals surface area (Å²) in [6.07, 6.45) is 1.65. The molecular weight excluding hydrogens is 180 g/mol. The van der Waals surface area contributed by atoms with Crippen molar-refractivity contribution in [2.75, 3.05) is 7.11 Å². The monoisotopic (exact) mass is 190 g/mol. The molecule has 0 N–H and O–H groups in total. The maximum Gasteiger partial charge on any atom is 0.310 e. The molecule has 1 aromatic heterocycles. The highest BCUT2D eigenvalue weighted by molar-refractivity contribution is 5.73. The van der Waals surface area contributed by atoms with Crippen LogP contribution in [-0.2, 0) is 16.0 Å². The van der Waals surface area contributed by atoms with Crippen LogP contribution in [0.15, 0.2) is 12.3 Å². The molecule has 0 amide bonds. The number of hydrogen-bond donors (Lipinski definition) is 0. The van der Waals surface area contributed by atoms with Gasteiger partial charge in [-0.15, -0.1) is 0 Å². The highest BCUT2D eigenvalue weighted by Gasteiger charge is 2.10. The summed E-state index contributed by atoms with van der Waals surface area (Å²) in [5.41, 5.74) is 1.80. The molecule has 4 nitrogen and oxygen atoms in total. The number of nitriles is 1. The van der Waals surface area contributed by atoms with E-state index in [0.717, 1.165) is 0 Å². The molecule has 14 heavy (non-hydrogen) atoms. The normalized spacial score (nSPS) is 9.21. The zero-order valence-electron chi connectivity index (χ0n) is 8.07. The van der Waals surface area contributed by atoms with E-state index in [9.17, 15) is 4.79 Å². The Hall–Kier alpha value is -1.89. The molecule has 72 valence electrons. The molecule has 0 saturated carbocycles. The maximum absolute atomic E-state index is 11.0. The Bertz CT molecular complexity index is 394. The minimum absolute atomic E-state index is 0.0963. The lowest BCUT2D eigenvalue weighted by Crippen LogP contribution is -2.08. The van der Waals surface area contributed by atoms with Gasteiger partial charge in [0, 0.05) is 17.5 Å². The molecule has 1 rings (SSSR count). The van der Waals surface area contributed by atoms with Crippen molar-refractivity contribution in [1.82, 2.24) is 4.98 Å². The molecule has 0 saturated heterocycles. The van der Waals surface area contributed by atoms with E-state index in [4.69, 9.17) is 5.26 Å². The summed E-state index contributed by atoms with van der Waals surface area (Å²) in [4.78, 5) is 15.1. The maximum atomic E-state index is 11.0. The van der Waals surface area contributed by atoms with Crippen LogP contribution >= 0.6 is 0 Å². The number of hydrogen-bond acceptors (Lipinski definition) is 4. The van der Waals surface area contributed by atoms with Crippen molar-refractivity contribution in [2.45, 2.75) is 13.3 Å². The zero-order chi connectivity index (χ0) is 10.6. The average molecular weight is 190 g/mol. The van der Waals surface area contributed by atoms with Crippen molar-refractivity contribution in [1.29, 1.82) is 5.26 Å². The summed E-state index contributed by atoms with van der Waals surface area (Å²) in [5.74, 6) is -0.363. The summed E-state index contributed by atoms with van der Waals surface area (Å²) >= 11 is 0. The number of nitrogens with zero attached hydrogens (tertiary/aromatic N) is 2. The van der Waals surface area contributed by atoms with Crippen molar-refractivity contribution in [3.63, 3.8) is 0 Å². The molecule has 0 radical (unpaired) electrons. The molecule has 0 bridgehead atoms. The van der Waals surface area contributed by atoms with Gasteiger partial charge >= 0.3 is 5.97 Å². The lowest BCUT2D eigenvalue weighted by atomic mass is 10.1. The second-order valence-electron chi connectivity index (χ2n) is 2.79. The Labute approximate surface area is 82.1 Å². The van der Waals surface area contributed by atoms with Gasteiger partial charge in [0.15, 0.2) is 0 Å². The van der Waals surface area contributed by atoms with Crippen LogP contribution < -0.4 is 0 Å². The van der Waals surface area contributed by atoms with Crippen LogP contribution in [-0.4, -0.2) is 18.1 Å². The van der Waals surface area contributed by atoms with Crippen molar-refractivity contribution in [2.24, 2.45) is 0 Å². The molecule has 0 aliphatic rings. The first-order valence-corrected chi connectivity index (χ1v) is 4.10. The van der Waals surface area contributed by atoms with E-state index < -0.39 is 0 Å². The zero-order valence-corrected chi connectivity index (χ0v) is 8.07. The topological polar surface area (TPSA) is 63.0 Å². The molecule has 0 aliphatic heterocycles. The minimum atomic E-state index is -0.363. The van der Waals surface area contributed by atoms with Crippen molar-refractivity contribution in [3.05, 3.63) is 29.1 Å². The van der Waals surface area contributed by atoms with E-state index in [0.29, 0.717) is 16.8 Å². The average Bonchev–Trinajstić information content (AvgIpc) is 2.20. The van der Waals surface area contributed by atoms with Gasteiger partial charge in [0.2, 0.25) is 0 Å². The van der Waals surface area contributed by atoms with Gasteiger partial charge in [-0.25, -0.2) is 0 Å². The van der Waals surface area contributed by atoms with Crippen LogP contribution in [0.4, 0.5) is 0 Å². The Kier molecular flexibility index (Phi) is 3.19. The van der Waals surface area contributed by atoms with E-state index in [2.05, 4.69) is 9.72 Å². The molecule has 0 aromatic carbocycles. The highest BCUT2D eigenvalue weighted by Crippen LogP contribution is 2.11. The number of rotatable bonds is 2. The van der Waals surface area contributed by atoms with Gasteiger partial charge in [-0.2, -0.15) is 5.26 Å². The Morgan fingerprint density at radius 1 is 1.71 bits per heavy atom. The van der Waals surface area contributed by atoms with Gasteiger partial charge in [0.05, 0.1) is 25.2 Å². The molecule has 0 aliphatic carbocycles. The van der Waals surface area contributed by atoms with Crippen LogP contribution in [0.3, 0.4) is 0 Å². The first kappa shape index (κ1) is 10.2. The fourth-order valence-corrected chi connectivity index (χ4v) is 1.14. The second-order valence-corrected chi connectivity index (χ2v) is 2.79. The van der Waals surface area contributed by atoms with Gasteiger partial charge in [0.1, 0.15) is 0 Å². The molecule has 0 unspecified atom stereocenters. The largest absolute Gasteiger partial charge is 0.469 e. The number of methoxy groups -OCH3 is 1. The smallest absolute Gasteiger partial charge is 0.310 e. The van der Waals surface area contributed by atoms with Crippen LogP contribution in [0.25, 0.3) is 0 Å². The van der Waals surface area contributed by atoms with Crippen molar-refractivity contribution >= 4 is 5.97 Å². The van der Waals surface area contributed by atoms with Gasteiger partial charge in [-0.05, 0) is 13.0 Å². The summed E-state index contributed by atoms with van der Waals surface area (Å²) in [5, 5.41) is 8.80. The van der Waals surface area contributed by atoms with Crippen LogP contribution in [0.5, 0.6) is 0 Å². The van der Waals surface area contributed by atoms with Crippen molar-refractivity contribution in [3.8, 4) is 6.07 Å². The van der Waals surface area contributed by atoms with Crippen molar-refractivity contribution < 1.29 is 9.53 Å². The van der Waals surface area contributed by atoms with E-state index in [1.165, 1.54) is 7.11 Å². The van der Waals surface area contributed by atoms with Gasteiger partial charge in [-0.1, -0.05) is 0 Å². The summed E-state index contributed by atoms with van der Waals surface area (Å²) in [7, 11) is 1.32. The fraction of sp³-hybridized carbons (Fsp3) is 0.300. The quantitative estimate of drug-likeness (QED) is 0.652. The third kappa shape index (κ3) is 2.07. The lowest BCUT2D eigenvalue weighted by Gasteiger charge is -2.04. The Morgan fingerprint density at radius 3 is 3.00 bits per heavy atom. The fourth-order valence-electron chi connectivity index (χ4n) is 1.14. The molecule has 0 spiro atoms. The molecular formula is C10H10N2O2. The van der Waals surface area contributed by atoms with E-state index >= 15 is 0 Å². The predicted octanol–water partition coefficient (Wildman–Crippen LogP) is 0.977. The standard InChI is InChI=1S/C10H10N2O2/c1-7-9(5-10(13)14-2)8(6-11)3-4-12-7/h3-4H,5H2,1-2H3. The second kappa shape index (κ2) is 4.38. The number of pyridine rings is 1.